The number of hydrogen-bond acceptors (Lipinski definition) is 3. The van der Waals surface area contributed by atoms with Crippen LogP contribution in [0.4, 0.5) is 0 Å². The molecule has 0 atom stereocenters. The second-order valence-corrected chi connectivity index (χ2v) is 11.7. The van der Waals surface area contributed by atoms with Gasteiger partial charge in [-0.15, -0.1) is 0 Å². The van der Waals surface area contributed by atoms with Gasteiger partial charge < -0.3 is 0 Å². The molecule has 0 aliphatic carbocycles. The largest absolute Gasteiger partial charge is 0.425 e. The first-order valence-electron chi connectivity index (χ1n) is 4.76. The summed E-state index contributed by atoms with van der Waals surface area (Å²) in [6.45, 7) is 1.34. The van der Waals surface area contributed by atoms with Crippen LogP contribution in [-0.4, -0.2) is 18.8 Å². The maximum Gasteiger partial charge on any atom is 0.425 e. The van der Waals surface area contributed by atoms with Crippen LogP contribution in [0.2, 0.25) is 0 Å². The van der Waals surface area contributed by atoms with Gasteiger partial charge in [-0.1, -0.05) is 69.6 Å². The summed E-state index contributed by atoms with van der Waals surface area (Å²) >= 11 is 39.8. The third-order valence-electron chi connectivity index (χ3n) is 2.04. The fourth-order valence-corrected chi connectivity index (χ4v) is 3.66. The molecule has 19 heavy (non-hydrogen) atoms. The lowest BCUT2D eigenvalue weighted by molar-refractivity contribution is 0.0439. The van der Waals surface area contributed by atoms with Crippen molar-refractivity contribution in [3.63, 3.8) is 0 Å². The van der Waals surface area contributed by atoms with E-state index in [1.54, 1.807) is 0 Å². The highest BCUT2D eigenvalue weighted by atomic mass is 35.7. The van der Waals surface area contributed by atoms with Crippen molar-refractivity contribution in [2.24, 2.45) is 0 Å². The van der Waals surface area contributed by atoms with Gasteiger partial charge in [0.05, 0.1) is 0 Å². The van der Waals surface area contributed by atoms with Crippen molar-refractivity contribution in [2.45, 2.75) is 46.5 Å². The van der Waals surface area contributed by atoms with Crippen LogP contribution in [0.1, 0.15) is 27.7 Å². The summed E-state index contributed by atoms with van der Waals surface area (Å²) in [6, 6.07) is 0. The molecule has 3 nitrogen and oxygen atoms in total. The predicted molar refractivity (Wildman–Crippen MR) is 84.4 cm³/mol. The Hall–Kier alpha value is 2.18. The summed E-state index contributed by atoms with van der Waals surface area (Å²) in [4.78, 5) is 0. The number of rotatable bonds is 4. The van der Waals surface area contributed by atoms with Crippen molar-refractivity contribution >= 4 is 87.8 Å². The van der Waals surface area contributed by atoms with Gasteiger partial charge in [0.1, 0.15) is 11.2 Å². The Balaban J connectivity index is 5.10. The molecular weight excluding hydrogens is 423 g/mol. The first kappa shape index (κ1) is 21.2. The van der Waals surface area contributed by atoms with E-state index in [0.29, 0.717) is 0 Å². The van der Waals surface area contributed by atoms with Crippen LogP contribution in [0, 0.1) is 0 Å². The van der Waals surface area contributed by atoms with Gasteiger partial charge >= 0.3 is 6.95 Å². The van der Waals surface area contributed by atoms with E-state index >= 15 is 0 Å². The van der Waals surface area contributed by atoms with E-state index in [1.165, 1.54) is 27.7 Å². The normalized spacial score (nSPS) is 15.7. The van der Waals surface area contributed by atoms with E-state index in [1.807, 2.05) is 0 Å². The van der Waals surface area contributed by atoms with Crippen molar-refractivity contribution in [1.82, 2.24) is 0 Å². The molecule has 0 radical (unpaired) electrons. The zero-order valence-electron chi connectivity index (χ0n) is 10.3. The first-order chi connectivity index (χ1) is 7.91. The monoisotopic (exact) mass is 432 g/mol. The van der Waals surface area contributed by atoms with E-state index in [9.17, 15) is 4.57 Å². The maximum absolute atomic E-state index is 12.1. The summed E-state index contributed by atoms with van der Waals surface area (Å²) in [7, 11) is 0. The fourth-order valence-electron chi connectivity index (χ4n) is 0.667. The second kappa shape index (κ2) is 6.35. The lowest BCUT2D eigenvalue weighted by atomic mass is 10.2. The minimum absolute atomic E-state index is 1.38. The minimum atomic E-state index is -4.16. The van der Waals surface area contributed by atoms with Gasteiger partial charge in [0.25, 0.3) is 0 Å². The van der Waals surface area contributed by atoms with Crippen molar-refractivity contribution in [3.05, 3.63) is 0 Å². The summed E-state index contributed by atoms with van der Waals surface area (Å²) < 4.78 is 18.4. The quantitative estimate of drug-likeness (QED) is 0.366. The Kier molecular flexibility index (Phi) is 7.08. The van der Waals surface area contributed by atoms with Crippen LogP contribution >= 0.6 is 87.8 Å². The van der Waals surface area contributed by atoms with Crippen LogP contribution in [-0.2, 0) is 13.6 Å². The summed E-state index contributed by atoms with van der Waals surface area (Å²) in [5.41, 5.74) is -2.97. The SMILES string of the molecule is CC(C)(OP(=O)(Cl)OC(C)(C)C(Cl)(Cl)Cl)C(Cl)(Cl)Cl. The van der Waals surface area contributed by atoms with Gasteiger partial charge in [-0.25, -0.2) is 4.57 Å². The Morgan fingerprint density at radius 3 is 1.11 bits per heavy atom. The molecule has 0 rings (SSSR count). The number of alkyl halides is 6. The third kappa shape index (κ3) is 6.44. The Morgan fingerprint density at radius 2 is 0.947 bits per heavy atom. The van der Waals surface area contributed by atoms with Crippen LogP contribution in [0.5, 0.6) is 0 Å². The molecule has 0 unspecified atom stereocenters. The molecule has 0 saturated carbocycles. The second-order valence-electron chi connectivity index (χ2n) is 4.63. The van der Waals surface area contributed by atoms with Crippen molar-refractivity contribution < 1.29 is 13.6 Å². The molecule has 0 aliphatic rings. The van der Waals surface area contributed by atoms with E-state index in [4.69, 9.17) is 89.9 Å². The Bertz CT molecular complexity index is 340. The molecule has 0 saturated heterocycles. The molecule has 0 aromatic heterocycles. The average molecular weight is 435 g/mol. The lowest BCUT2D eigenvalue weighted by Crippen LogP contribution is -2.41. The van der Waals surface area contributed by atoms with E-state index in [2.05, 4.69) is 0 Å². The molecule has 0 bridgehead atoms. The van der Waals surface area contributed by atoms with Gasteiger partial charge in [-0.05, 0) is 27.7 Å². The zero-order chi connectivity index (χ0) is 15.9. The van der Waals surface area contributed by atoms with E-state index < -0.39 is 25.7 Å². The van der Waals surface area contributed by atoms with Gasteiger partial charge in [-0.3, -0.25) is 9.05 Å². The summed E-state index contributed by atoms with van der Waals surface area (Å²) in [5.74, 6) is 0. The summed E-state index contributed by atoms with van der Waals surface area (Å²) in [6.07, 6.45) is 0. The van der Waals surface area contributed by atoms with Crippen LogP contribution in [0.3, 0.4) is 0 Å². The minimum Gasteiger partial charge on any atom is -0.286 e. The number of hydrogen-bond donors (Lipinski definition) is 0. The molecule has 0 spiro atoms. The molecule has 0 amide bonds. The van der Waals surface area contributed by atoms with Gasteiger partial charge in [-0.2, -0.15) is 0 Å². The molecule has 116 valence electrons. The van der Waals surface area contributed by atoms with Crippen molar-refractivity contribution in [2.75, 3.05) is 0 Å². The van der Waals surface area contributed by atoms with Crippen LogP contribution in [0.25, 0.3) is 0 Å². The van der Waals surface area contributed by atoms with Crippen LogP contribution < -0.4 is 0 Å². The first-order valence-corrected chi connectivity index (χ1v) is 9.47. The topological polar surface area (TPSA) is 35.5 Å². The Morgan fingerprint density at radius 1 is 0.737 bits per heavy atom. The molecule has 0 aromatic carbocycles. The molecule has 0 heterocycles. The Labute approximate surface area is 147 Å². The summed E-state index contributed by atoms with van der Waals surface area (Å²) in [5, 5.41) is 0. The third-order valence-corrected chi connectivity index (χ3v) is 6.53. The molecule has 0 fully saturated rings. The van der Waals surface area contributed by atoms with Crippen molar-refractivity contribution in [3.8, 4) is 0 Å². The van der Waals surface area contributed by atoms with Crippen molar-refractivity contribution in [1.29, 1.82) is 0 Å². The number of halogens is 7. The lowest BCUT2D eigenvalue weighted by Gasteiger charge is -2.37. The highest BCUT2D eigenvalue weighted by Crippen LogP contribution is 2.63. The molecule has 0 aromatic rings. The smallest absolute Gasteiger partial charge is 0.286 e. The standard InChI is InChI=1S/C8H12Cl7O3P/c1-5(2,7(9,10)11)17-19(15,16)18-6(3,4)8(12,13)14/h1-4H3. The maximum atomic E-state index is 12.1. The van der Waals surface area contributed by atoms with E-state index in [0.717, 1.165) is 0 Å². The molecular formula is C8H12Cl7O3P. The average Bonchev–Trinajstić information content (AvgIpc) is 1.93. The molecule has 0 aliphatic heterocycles. The van der Waals surface area contributed by atoms with Crippen LogP contribution in [0.15, 0.2) is 0 Å². The molecule has 0 N–H and O–H groups in total. The fraction of sp³-hybridized carbons (Fsp3) is 1.00. The van der Waals surface area contributed by atoms with Gasteiger partial charge in [0.15, 0.2) is 0 Å². The predicted octanol–water partition coefficient (Wildman–Crippen LogP) is 6.66. The highest BCUT2D eigenvalue weighted by molar-refractivity contribution is 7.81. The zero-order valence-corrected chi connectivity index (χ0v) is 16.5. The highest BCUT2D eigenvalue weighted by Gasteiger charge is 2.51. The van der Waals surface area contributed by atoms with Gasteiger partial charge in [0.2, 0.25) is 7.59 Å². The van der Waals surface area contributed by atoms with E-state index in [-0.39, 0.29) is 0 Å². The molecule has 11 heteroatoms. The van der Waals surface area contributed by atoms with Gasteiger partial charge in [0, 0.05) is 11.2 Å².